The number of rotatable bonds is 7. The SMILES string of the molecule is CCN(CCn1cc[n+](C)c1)c1ccc(N=Nc2nccs2)c(Cl)c1. The summed E-state index contributed by atoms with van der Waals surface area (Å²) in [6.07, 6.45) is 7.88. The van der Waals surface area contributed by atoms with Crippen LogP contribution >= 0.6 is 22.9 Å². The topological polar surface area (TPSA) is 49.7 Å². The summed E-state index contributed by atoms with van der Waals surface area (Å²) >= 11 is 7.82. The van der Waals surface area contributed by atoms with Crippen LogP contribution in [0.2, 0.25) is 5.02 Å². The van der Waals surface area contributed by atoms with Gasteiger partial charge in [-0.15, -0.1) is 21.6 Å². The maximum Gasteiger partial charge on any atom is 0.243 e. The number of aromatic nitrogens is 3. The van der Waals surface area contributed by atoms with Crippen LogP contribution in [-0.4, -0.2) is 22.6 Å². The van der Waals surface area contributed by atoms with Gasteiger partial charge in [0.15, 0.2) is 0 Å². The van der Waals surface area contributed by atoms with Gasteiger partial charge in [0.1, 0.15) is 24.6 Å². The molecule has 0 aliphatic rings. The summed E-state index contributed by atoms with van der Waals surface area (Å²) in [6.45, 7) is 4.86. The van der Waals surface area contributed by atoms with Crippen LogP contribution in [0.25, 0.3) is 0 Å². The second-order valence-corrected chi connectivity index (χ2v) is 6.83. The molecular weight excluding hydrogens is 356 g/mol. The van der Waals surface area contributed by atoms with Gasteiger partial charge in [-0.05, 0) is 25.1 Å². The average molecular weight is 376 g/mol. The minimum atomic E-state index is 0.587. The van der Waals surface area contributed by atoms with Gasteiger partial charge < -0.3 is 4.90 Å². The standard InChI is InChI=1S/C17H20ClN6S/c1-3-24(10-9-23-8-7-22(2)13-23)14-4-5-16(15(18)12-14)20-21-17-19-6-11-25-17/h4-8,11-13H,3,9-10H2,1-2H3/q+1. The quantitative estimate of drug-likeness (QED) is 0.455. The lowest BCUT2D eigenvalue weighted by atomic mass is 10.2. The fourth-order valence-electron chi connectivity index (χ4n) is 2.48. The van der Waals surface area contributed by atoms with E-state index in [1.165, 1.54) is 11.3 Å². The van der Waals surface area contributed by atoms with Gasteiger partial charge in [-0.1, -0.05) is 11.6 Å². The minimum absolute atomic E-state index is 0.587. The Labute approximate surface area is 156 Å². The Hall–Kier alpha value is -2.25. The van der Waals surface area contributed by atoms with Crippen molar-refractivity contribution < 1.29 is 4.57 Å². The van der Waals surface area contributed by atoms with Gasteiger partial charge >= 0.3 is 0 Å². The number of hydrogen-bond donors (Lipinski definition) is 0. The number of imidazole rings is 1. The number of anilines is 1. The molecule has 8 heteroatoms. The first-order chi connectivity index (χ1) is 12.2. The van der Waals surface area contributed by atoms with E-state index in [2.05, 4.69) is 44.1 Å². The third kappa shape index (κ3) is 4.64. The van der Waals surface area contributed by atoms with Crippen LogP contribution in [0.5, 0.6) is 0 Å². The zero-order chi connectivity index (χ0) is 17.6. The molecule has 6 nitrogen and oxygen atoms in total. The molecule has 0 N–H and O–H groups in total. The molecule has 0 saturated heterocycles. The third-order valence-electron chi connectivity index (χ3n) is 3.79. The van der Waals surface area contributed by atoms with E-state index in [0.29, 0.717) is 15.8 Å². The van der Waals surface area contributed by atoms with Gasteiger partial charge in [0.05, 0.1) is 18.6 Å². The van der Waals surface area contributed by atoms with E-state index < -0.39 is 0 Å². The number of azo groups is 1. The van der Waals surface area contributed by atoms with Gasteiger partial charge in [-0.2, -0.15) is 0 Å². The smallest absolute Gasteiger partial charge is 0.243 e. The van der Waals surface area contributed by atoms with E-state index in [-0.39, 0.29) is 0 Å². The van der Waals surface area contributed by atoms with Gasteiger partial charge in [-0.3, -0.25) is 0 Å². The molecule has 1 aromatic carbocycles. The molecule has 2 heterocycles. The van der Waals surface area contributed by atoms with Crippen LogP contribution in [0.4, 0.5) is 16.5 Å². The molecule has 2 aromatic heterocycles. The highest BCUT2D eigenvalue weighted by Gasteiger charge is 2.10. The van der Waals surface area contributed by atoms with Gasteiger partial charge in [0.2, 0.25) is 11.5 Å². The molecule has 25 heavy (non-hydrogen) atoms. The summed E-state index contributed by atoms with van der Waals surface area (Å²) < 4.78 is 4.20. The first-order valence-electron chi connectivity index (χ1n) is 8.02. The number of likely N-dealkylation sites (N-methyl/N-ethyl adjacent to an activating group) is 1. The van der Waals surface area contributed by atoms with Crippen molar-refractivity contribution in [2.75, 3.05) is 18.0 Å². The maximum absolute atomic E-state index is 6.39. The Bertz CT molecular complexity index is 843. The van der Waals surface area contributed by atoms with Crippen molar-refractivity contribution in [3.05, 3.63) is 53.5 Å². The molecular formula is C17H20ClN6S+. The summed E-state index contributed by atoms with van der Waals surface area (Å²) in [7, 11) is 2.02. The second-order valence-electron chi connectivity index (χ2n) is 5.55. The van der Waals surface area contributed by atoms with Crippen LogP contribution in [0, 0.1) is 0 Å². The molecule has 3 aromatic rings. The van der Waals surface area contributed by atoms with Crippen molar-refractivity contribution in [3.8, 4) is 0 Å². The van der Waals surface area contributed by atoms with E-state index in [1.807, 2.05) is 41.4 Å². The highest BCUT2D eigenvalue weighted by molar-refractivity contribution is 7.13. The lowest BCUT2D eigenvalue weighted by Gasteiger charge is -2.22. The van der Waals surface area contributed by atoms with Gasteiger partial charge in [0.25, 0.3) is 0 Å². The van der Waals surface area contributed by atoms with Crippen LogP contribution in [0.3, 0.4) is 0 Å². The van der Waals surface area contributed by atoms with Crippen LogP contribution in [0.15, 0.2) is 58.7 Å². The molecule has 0 amide bonds. The molecule has 3 rings (SSSR count). The highest BCUT2D eigenvalue weighted by Crippen LogP contribution is 2.31. The first-order valence-corrected chi connectivity index (χ1v) is 9.28. The van der Waals surface area contributed by atoms with E-state index in [1.54, 1.807) is 6.20 Å². The molecule has 0 aliphatic carbocycles. The molecule has 0 unspecified atom stereocenters. The van der Waals surface area contributed by atoms with E-state index in [4.69, 9.17) is 11.6 Å². The Morgan fingerprint density at radius 3 is 2.88 bits per heavy atom. The number of thiazole rings is 1. The summed E-state index contributed by atoms with van der Waals surface area (Å²) in [5, 5.41) is 11.4. The minimum Gasteiger partial charge on any atom is -0.368 e. The molecule has 0 spiro atoms. The molecule has 0 aliphatic heterocycles. The van der Waals surface area contributed by atoms with E-state index >= 15 is 0 Å². The number of aryl methyl sites for hydroxylation is 1. The Morgan fingerprint density at radius 1 is 1.36 bits per heavy atom. The fraction of sp³-hybridized carbons (Fsp3) is 0.294. The highest BCUT2D eigenvalue weighted by atomic mass is 35.5. The molecule has 0 fully saturated rings. The predicted molar refractivity (Wildman–Crippen MR) is 101 cm³/mol. The lowest BCUT2D eigenvalue weighted by Crippen LogP contribution is -2.28. The summed E-state index contributed by atoms with van der Waals surface area (Å²) in [4.78, 5) is 6.36. The normalized spacial score (nSPS) is 11.3. The largest absolute Gasteiger partial charge is 0.368 e. The van der Waals surface area contributed by atoms with Gasteiger partial charge in [-0.25, -0.2) is 14.1 Å². The van der Waals surface area contributed by atoms with Crippen molar-refractivity contribution in [3.63, 3.8) is 0 Å². The lowest BCUT2D eigenvalue weighted by molar-refractivity contribution is -0.671. The Morgan fingerprint density at radius 2 is 2.24 bits per heavy atom. The summed E-state index contributed by atoms with van der Waals surface area (Å²) in [5.41, 5.74) is 1.73. The molecule has 0 bridgehead atoms. The zero-order valence-corrected chi connectivity index (χ0v) is 15.8. The number of benzene rings is 1. The number of hydrogen-bond acceptors (Lipinski definition) is 5. The zero-order valence-electron chi connectivity index (χ0n) is 14.2. The second kappa shape index (κ2) is 8.22. The number of nitrogens with zero attached hydrogens (tertiary/aromatic N) is 6. The van der Waals surface area contributed by atoms with Crippen molar-refractivity contribution in [1.82, 2.24) is 9.55 Å². The van der Waals surface area contributed by atoms with E-state index in [9.17, 15) is 0 Å². The molecule has 0 saturated carbocycles. The predicted octanol–water partition coefficient (Wildman–Crippen LogP) is 4.36. The van der Waals surface area contributed by atoms with Gasteiger partial charge in [0, 0.05) is 23.8 Å². The maximum atomic E-state index is 6.39. The Balaban J connectivity index is 1.69. The summed E-state index contributed by atoms with van der Waals surface area (Å²) in [5.74, 6) is 0. The first kappa shape index (κ1) is 17.6. The van der Waals surface area contributed by atoms with Crippen LogP contribution in [0.1, 0.15) is 6.92 Å². The van der Waals surface area contributed by atoms with Crippen LogP contribution in [-0.2, 0) is 13.6 Å². The van der Waals surface area contributed by atoms with Crippen molar-refractivity contribution >= 4 is 39.4 Å². The molecule has 0 atom stereocenters. The third-order valence-corrected chi connectivity index (χ3v) is 4.75. The molecule has 0 radical (unpaired) electrons. The van der Waals surface area contributed by atoms with Crippen molar-refractivity contribution in [2.45, 2.75) is 13.5 Å². The number of halogens is 1. The summed E-state index contributed by atoms with van der Waals surface area (Å²) in [6, 6.07) is 5.87. The van der Waals surface area contributed by atoms with E-state index in [0.717, 1.165) is 25.3 Å². The average Bonchev–Trinajstić information content (AvgIpc) is 3.26. The van der Waals surface area contributed by atoms with Crippen molar-refractivity contribution in [1.29, 1.82) is 0 Å². The van der Waals surface area contributed by atoms with Crippen LogP contribution < -0.4 is 9.47 Å². The van der Waals surface area contributed by atoms with Crippen molar-refractivity contribution in [2.24, 2.45) is 17.3 Å². The monoisotopic (exact) mass is 375 g/mol. The molecule has 130 valence electrons. The fourth-order valence-corrected chi connectivity index (χ4v) is 3.14. The Kier molecular flexibility index (Phi) is 5.78.